The van der Waals surface area contributed by atoms with Crippen molar-refractivity contribution in [2.24, 2.45) is 0 Å². The average molecular weight is 587 g/mol. The molecule has 5 aliphatic rings. The SMILES string of the molecule is Oc1cc(-c2cc3nc(OC[C@@]45CCCN4C[C@H](F)C5)nc4c3c(n2)OC[C@H]2[C@@H]3CC[C@H](CN42)N3)c2c(F)cccc2c1. The molecule has 5 aliphatic heterocycles. The van der Waals surface area contributed by atoms with Gasteiger partial charge in [-0.3, -0.25) is 4.90 Å². The molecule has 4 saturated heterocycles. The van der Waals surface area contributed by atoms with Gasteiger partial charge in [-0.2, -0.15) is 9.97 Å². The number of nitrogens with zero attached hydrogens (tertiary/aromatic N) is 5. The molecule has 2 aromatic carbocycles. The molecule has 0 unspecified atom stereocenters. The minimum absolute atomic E-state index is 0.0107. The van der Waals surface area contributed by atoms with Gasteiger partial charge in [0.05, 0.1) is 22.8 Å². The number of aromatic hydroxyl groups is 1. The van der Waals surface area contributed by atoms with E-state index in [2.05, 4.69) is 15.1 Å². The molecule has 4 aromatic rings. The zero-order valence-corrected chi connectivity index (χ0v) is 23.6. The van der Waals surface area contributed by atoms with Crippen molar-refractivity contribution < 1.29 is 23.4 Å². The summed E-state index contributed by atoms with van der Waals surface area (Å²) in [4.78, 5) is 19.2. The van der Waals surface area contributed by atoms with Gasteiger partial charge in [-0.05, 0) is 61.9 Å². The first-order valence-corrected chi connectivity index (χ1v) is 15.3. The molecule has 43 heavy (non-hydrogen) atoms. The molecule has 0 amide bonds. The van der Waals surface area contributed by atoms with Crippen molar-refractivity contribution >= 4 is 27.5 Å². The zero-order valence-electron chi connectivity index (χ0n) is 23.6. The van der Waals surface area contributed by atoms with Gasteiger partial charge >= 0.3 is 6.01 Å². The smallest absolute Gasteiger partial charge is 0.319 e. The van der Waals surface area contributed by atoms with Crippen LogP contribution in [0.4, 0.5) is 14.6 Å². The summed E-state index contributed by atoms with van der Waals surface area (Å²) in [5.74, 6) is 0.702. The number of benzene rings is 2. The number of rotatable bonds is 4. The second kappa shape index (κ2) is 9.33. The van der Waals surface area contributed by atoms with Crippen LogP contribution in [0, 0.1) is 5.82 Å². The molecule has 0 radical (unpaired) electrons. The first-order chi connectivity index (χ1) is 20.9. The molecule has 11 heteroatoms. The first kappa shape index (κ1) is 25.6. The summed E-state index contributed by atoms with van der Waals surface area (Å²) < 4.78 is 42.4. The molecule has 0 aliphatic carbocycles. The second-order valence-electron chi connectivity index (χ2n) is 12.8. The van der Waals surface area contributed by atoms with E-state index in [1.54, 1.807) is 18.2 Å². The lowest BCUT2D eigenvalue weighted by Gasteiger charge is -2.40. The molecule has 2 aromatic heterocycles. The van der Waals surface area contributed by atoms with E-state index >= 15 is 4.39 Å². The lowest BCUT2D eigenvalue weighted by Crippen LogP contribution is -2.60. The Balaban J connectivity index is 1.20. The van der Waals surface area contributed by atoms with Gasteiger partial charge in [-0.1, -0.05) is 12.1 Å². The molecule has 4 fully saturated rings. The minimum Gasteiger partial charge on any atom is -0.508 e. The predicted molar refractivity (Wildman–Crippen MR) is 157 cm³/mol. The van der Waals surface area contributed by atoms with Crippen molar-refractivity contribution in [3.05, 3.63) is 42.2 Å². The van der Waals surface area contributed by atoms with Crippen molar-refractivity contribution in [2.75, 3.05) is 37.7 Å². The molecule has 0 spiro atoms. The van der Waals surface area contributed by atoms with E-state index in [1.165, 1.54) is 18.2 Å². The maximum absolute atomic E-state index is 15.2. The van der Waals surface area contributed by atoms with Crippen LogP contribution in [-0.2, 0) is 0 Å². The molecule has 2 bridgehead atoms. The predicted octanol–water partition coefficient (Wildman–Crippen LogP) is 4.35. The quantitative estimate of drug-likeness (QED) is 0.362. The molecule has 222 valence electrons. The van der Waals surface area contributed by atoms with Crippen LogP contribution in [0.1, 0.15) is 32.1 Å². The highest BCUT2D eigenvalue weighted by molar-refractivity contribution is 6.01. The third kappa shape index (κ3) is 3.97. The Morgan fingerprint density at radius 1 is 1.12 bits per heavy atom. The second-order valence-corrected chi connectivity index (χ2v) is 12.8. The fourth-order valence-electron chi connectivity index (χ4n) is 8.31. The topological polar surface area (TPSA) is 95.9 Å². The maximum Gasteiger partial charge on any atom is 0.319 e. The Hall–Kier alpha value is -3.83. The first-order valence-electron chi connectivity index (χ1n) is 15.3. The van der Waals surface area contributed by atoms with E-state index in [4.69, 9.17) is 24.4 Å². The number of phenolic OH excluding ortho intramolecular Hbond substituents is 1. The fourth-order valence-corrected chi connectivity index (χ4v) is 8.31. The Labute approximate surface area is 246 Å². The van der Waals surface area contributed by atoms with Gasteiger partial charge in [0.2, 0.25) is 5.88 Å². The normalized spacial score (nSPS) is 29.5. The number of hydrogen-bond donors (Lipinski definition) is 2. The van der Waals surface area contributed by atoms with Gasteiger partial charge in [0.15, 0.2) is 0 Å². The third-order valence-electron chi connectivity index (χ3n) is 10.2. The van der Waals surface area contributed by atoms with Crippen LogP contribution in [0.25, 0.3) is 32.9 Å². The van der Waals surface area contributed by atoms with Crippen molar-refractivity contribution in [2.45, 2.75) is 61.9 Å². The van der Waals surface area contributed by atoms with Gasteiger partial charge in [0.1, 0.15) is 42.2 Å². The van der Waals surface area contributed by atoms with Gasteiger partial charge in [-0.25, -0.2) is 13.8 Å². The van der Waals surface area contributed by atoms with E-state index in [-0.39, 0.29) is 29.4 Å². The van der Waals surface area contributed by atoms with Crippen LogP contribution in [0.3, 0.4) is 0 Å². The summed E-state index contributed by atoms with van der Waals surface area (Å²) >= 11 is 0. The van der Waals surface area contributed by atoms with Crippen LogP contribution in [-0.4, -0.2) is 87.6 Å². The van der Waals surface area contributed by atoms with E-state index in [1.807, 2.05) is 0 Å². The Bertz CT molecular complexity index is 1790. The van der Waals surface area contributed by atoms with Crippen LogP contribution in [0.2, 0.25) is 0 Å². The fraction of sp³-hybridized carbons (Fsp3) is 0.469. The van der Waals surface area contributed by atoms with Gasteiger partial charge in [-0.15, -0.1) is 0 Å². The molecule has 0 saturated carbocycles. The Kier molecular flexibility index (Phi) is 5.57. The van der Waals surface area contributed by atoms with Crippen LogP contribution < -0.4 is 19.7 Å². The van der Waals surface area contributed by atoms with Crippen molar-refractivity contribution in [3.8, 4) is 28.9 Å². The summed E-state index contributed by atoms with van der Waals surface area (Å²) in [5.41, 5.74) is 1.11. The number of halogens is 2. The minimum atomic E-state index is -0.853. The number of alkyl halides is 1. The van der Waals surface area contributed by atoms with Crippen molar-refractivity contribution in [3.63, 3.8) is 0 Å². The van der Waals surface area contributed by atoms with Crippen LogP contribution >= 0.6 is 0 Å². The summed E-state index contributed by atoms with van der Waals surface area (Å²) in [6.07, 6.45) is 3.67. The number of pyridine rings is 1. The lowest BCUT2D eigenvalue weighted by molar-refractivity contribution is 0.107. The molecule has 5 atom stereocenters. The van der Waals surface area contributed by atoms with E-state index in [9.17, 15) is 9.50 Å². The highest BCUT2D eigenvalue weighted by Crippen LogP contribution is 2.44. The standard InChI is InChI=1S/C32H32F2N6O3/c33-18-12-32(7-2-8-39(32)13-18)16-43-31-37-25-11-24(21-10-20(41)9-17-3-1-4-22(34)27(17)21)36-30-28(25)29(38-31)40-14-19-5-6-23(35-19)26(40)15-42-30/h1,3-4,9-11,18-19,23,26,35,41H,2,5-8,12-16H2/t18-,19-,23+,26+,32+/m1/s1. The van der Waals surface area contributed by atoms with Crippen molar-refractivity contribution in [1.29, 1.82) is 0 Å². The average Bonchev–Trinajstić information content (AvgIpc) is 3.62. The molecule has 9 nitrogen and oxygen atoms in total. The van der Waals surface area contributed by atoms with Gasteiger partial charge < -0.3 is 24.8 Å². The molecular weight excluding hydrogens is 554 g/mol. The Morgan fingerprint density at radius 3 is 2.98 bits per heavy atom. The number of fused-ring (bicyclic) bond motifs is 7. The number of anilines is 1. The third-order valence-corrected chi connectivity index (χ3v) is 10.2. The number of hydrogen-bond acceptors (Lipinski definition) is 9. The summed E-state index contributed by atoms with van der Waals surface area (Å²) in [5, 5.41) is 15.9. The summed E-state index contributed by atoms with van der Waals surface area (Å²) in [7, 11) is 0. The molecule has 7 heterocycles. The highest BCUT2D eigenvalue weighted by Gasteiger charge is 2.49. The van der Waals surface area contributed by atoms with E-state index < -0.39 is 12.0 Å². The molecule has 9 rings (SSSR count). The largest absolute Gasteiger partial charge is 0.508 e. The van der Waals surface area contributed by atoms with Gasteiger partial charge in [0, 0.05) is 42.5 Å². The van der Waals surface area contributed by atoms with E-state index in [0.29, 0.717) is 71.0 Å². The Morgan fingerprint density at radius 2 is 2.05 bits per heavy atom. The molecular formula is C32H32F2N6O3. The van der Waals surface area contributed by atoms with E-state index in [0.717, 1.165) is 44.6 Å². The number of phenols is 1. The lowest BCUT2D eigenvalue weighted by atomic mass is 9.95. The number of piperazine rings is 1. The monoisotopic (exact) mass is 586 g/mol. The summed E-state index contributed by atoms with van der Waals surface area (Å²) in [6, 6.07) is 10.5. The number of aromatic nitrogens is 3. The van der Waals surface area contributed by atoms with Gasteiger partial charge in [0.25, 0.3) is 0 Å². The molecule has 2 N–H and O–H groups in total. The van der Waals surface area contributed by atoms with Crippen molar-refractivity contribution in [1.82, 2.24) is 25.2 Å². The highest BCUT2D eigenvalue weighted by atomic mass is 19.1. The van der Waals surface area contributed by atoms with Crippen LogP contribution in [0.15, 0.2) is 36.4 Å². The van der Waals surface area contributed by atoms with Crippen LogP contribution in [0.5, 0.6) is 17.6 Å². The maximum atomic E-state index is 15.2. The number of nitrogens with one attached hydrogen (secondary N) is 1. The number of ether oxygens (including phenoxy) is 2. The summed E-state index contributed by atoms with van der Waals surface area (Å²) in [6.45, 7) is 2.83. The zero-order chi connectivity index (χ0) is 28.9.